The number of carbonyl (C=O) groups is 1. The van der Waals surface area contributed by atoms with Gasteiger partial charge in [0.1, 0.15) is 5.82 Å². The van der Waals surface area contributed by atoms with Crippen LogP contribution in [0.3, 0.4) is 0 Å². The van der Waals surface area contributed by atoms with E-state index in [4.69, 9.17) is 0 Å². The van der Waals surface area contributed by atoms with Gasteiger partial charge in [0, 0.05) is 0 Å². The topological polar surface area (TPSA) is 49.3 Å². The summed E-state index contributed by atoms with van der Waals surface area (Å²) in [6.07, 6.45) is 3.85. The Bertz CT molecular complexity index is 428. The minimum atomic E-state index is -0.454. The first-order valence-electron chi connectivity index (χ1n) is 6.30. The fourth-order valence-corrected chi connectivity index (χ4v) is 2.55. The molecule has 2 rings (SSSR count). The number of amides is 1. The quantitative estimate of drug-likeness (QED) is 0.857. The monoisotopic (exact) mass is 251 g/mol. The number of aliphatic hydroxyl groups excluding tert-OH is 1. The number of carbonyl (C=O) groups excluding carboxylic acids is 1. The summed E-state index contributed by atoms with van der Waals surface area (Å²) in [5.74, 6) is -0.491. The Kier molecular flexibility index (Phi) is 3.97. The van der Waals surface area contributed by atoms with E-state index in [1.54, 1.807) is 12.1 Å². The van der Waals surface area contributed by atoms with E-state index in [0.29, 0.717) is 5.56 Å². The van der Waals surface area contributed by atoms with Crippen LogP contribution in [-0.4, -0.2) is 23.2 Å². The van der Waals surface area contributed by atoms with E-state index in [-0.39, 0.29) is 24.8 Å². The number of hydrogen-bond donors (Lipinski definition) is 2. The lowest BCUT2D eigenvalue weighted by atomic mass is 9.98. The molecular weight excluding hydrogens is 233 g/mol. The minimum absolute atomic E-state index is 0.0259. The highest BCUT2D eigenvalue weighted by molar-refractivity contribution is 5.79. The van der Waals surface area contributed by atoms with Gasteiger partial charge >= 0.3 is 0 Å². The van der Waals surface area contributed by atoms with Crippen LogP contribution < -0.4 is 5.32 Å². The van der Waals surface area contributed by atoms with Crippen LogP contribution in [-0.2, 0) is 11.2 Å². The highest BCUT2D eigenvalue weighted by Crippen LogP contribution is 2.29. The van der Waals surface area contributed by atoms with Crippen LogP contribution in [0.4, 0.5) is 4.39 Å². The Labute approximate surface area is 106 Å². The Hall–Kier alpha value is -1.42. The van der Waals surface area contributed by atoms with E-state index >= 15 is 0 Å². The first-order chi connectivity index (χ1) is 8.63. The largest absolute Gasteiger partial charge is 0.394 e. The summed E-state index contributed by atoms with van der Waals surface area (Å²) >= 11 is 0. The molecule has 1 aromatic carbocycles. The van der Waals surface area contributed by atoms with Crippen molar-refractivity contribution in [1.82, 2.24) is 5.32 Å². The number of halogens is 1. The van der Waals surface area contributed by atoms with E-state index in [1.165, 1.54) is 12.1 Å². The van der Waals surface area contributed by atoms with Gasteiger partial charge in [-0.2, -0.15) is 0 Å². The molecule has 98 valence electrons. The molecule has 0 spiro atoms. The standard InChI is InChI=1S/C14H18FNO2/c15-12-5-3-4-11(8-12)9-13(18)16-14(10-17)6-1-2-7-14/h3-5,8,17H,1-2,6-7,9-10H2,(H,16,18). The third-order valence-electron chi connectivity index (χ3n) is 3.52. The van der Waals surface area contributed by atoms with Crippen molar-refractivity contribution in [1.29, 1.82) is 0 Å². The molecule has 1 fully saturated rings. The second-order valence-corrected chi connectivity index (χ2v) is 5.00. The molecule has 1 aliphatic carbocycles. The molecule has 0 unspecified atom stereocenters. The molecule has 18 heavy (non-hydrogen) atoms. The van der Waals surface area contributed by atoms with Gasteiger partial charge in [-0.3, -0.25) is 4.79 Å². The average Bonchev–Trinajstić information content (AvgIpc) is 2.78. The molecular formula is C14H18FNO2. The fraction of sp³-hybridized carbons (Fsp3) is 0.500. The third-order valence-corrected chi connectivity index (χ3v) is 3.52. The number of rotatable bonds is 4. The van der Waals surface area contributed by atoms with Crippen molar-refractivity contribution in [3.8, 4) is 0 Å². The third kappa shape index (κ3) is 3.07. The van der Waals surface area contributed by atoms with Crippen LogP contribution in [0.15, 0.2) is 24.3 Å². The van der Waals surface area contributed by atoms with Crippen molar-refractivity contribution in [3.05, 3.63) is 35.6 Å². The molecule has 0 bridgehead atoms. The molecule has 0 aliphatic heterocycles. The highest BCUT2D eigenvalue weighted by Gasteiger charge is 2.34. The zero-order chi connectivity index (χ0) is 13.0. The molecule has 0 radical (unpaired) electrons. The van der Waals surface area contributed by atoms with Crippen molar-refractivity contribution in [2.24, 2.45) is 0 Å². The lowest BCUT2D eigenvalue weighted by molar-refractivity contribution is -0.122. The van der Waals surface area contributed by atoms with E-state index in [1.807, 2.05) is 0 Å². The summed E-state index contributed by atoms with van der Waals surface area (Å²) in [5.41, 5.74) is 0.198. The van der Waals surface area contributed by atoms with Gasteiger partial charge in [0.2, 0.25) is 5.91 Å². The van der Waals surface area contributed by atoms with Crippen LogP contribution >= 0.6 is 0 Å². The molecule has 4 heteroatoms. The maximum absolute atomic E-state index is 13.0. The lowest BCUT2D eigenvalue weighted by Crippen LogP contribution is -2.49. The SMILES string of the molecule is O=C(Cc1cccc(F)c1)NC1(CO)CCCC1. The Morgan fingerprint density at radius 2 is 2.11 bits per heavy atom. The minimum Gasteiger partial charge on any atom is -0.394 e. The van der Waals surface area contributed by atoms with E-state index in [2.05, 4.69) is 5.32 Å². The second kappa shape index (κ2) is 5.48. The summed E-state index contributed by atoms with van der Waals surface area (Å²) in [6, 6.07) is 6.03. The van der Waals surface area contributed by atoms with Gasteiger partial charge in [-0.05, 0) is 30.5 Å². The zero-order valence-electron chi connectivity index (χ0n) is 10.3. The maximum Gasteiger partial charge on any atom is 0.224 e. The molecule has 0 aromatic heterocycles. The van der Waals surface area contributed by atoms with Gasteiger partial charge in [-0.15, -0.1) is 0 Å². The number of hydrogen-bond acceptors (Lipinski definition) is 2. The van der Waals surface area contributed by atoms with Crippen LogP contribution in [0.25, 0.3) is 0 Å². The van der Waals surface area contributed by atoms with E-state index in [9.17, 15) is 14.3 Å². The summed E-state index contributed by atoms with van der Waals surface area (Å²) in [7, 11) is 0. The predicted octanol–water partition coefficient (Wildman–Crippen LogP) is 1.79. The molecule has 1 amide bonds. The van der Waals surface area contributed by atoms with Gasteiger partial charge in [0.15, 0.2) is 0 Å². The zero-order valence-corrected chi connectivity index (χ0v) is 10.3. The summed E-state index contributed by atoms with van der Waals surface area (Å²) in [5, 5.41) is 12.3. The Morgan fingerprint density at radius 1 is 1.39 bits per heavy atom. The molecule has 0 saturated heterocycles. The van der Waals surface area contributed by atoms with Gasteiger partial charge in [-0.1, -0.05) is 25.0 Å². The van der Waals surface area contributed by atoms with Gasteiger partial charge in [0.25, 0.3) is 0 Å². The smallest absolute Gasteiger partial charge is 0.224 e. The highest BCUT2D eigenvalue weighted by atomic mass is 19.1. The lowest BCUT2D eigenvalue weighted by Gasteiger charge is -2.28. The summed E-state index contributed by atoms with van der Waals surface area (Å²) in [4.78, 5) is 11.9. The number of nitrogens with one attached hydrogen (secondary N) is 1. The Balaban J connectivity index is 1.96. The van der Waals surface area contributed by atoms with Crippen molar-refractivity contribution >= 4 is 5.91 Å². The van der Waals surface area contributed by atoms with Crippen molar-refractivity contribution < 1.29 is 14.3 Å². The maximum atomic E-state index is 13.0. The first-order valence-corrected chi connectivity index (χ1v) is 6.30. The van der Waals surface area contributed by atoms with Crippen molar-refractivity contribution in [3.63, 3.8) is 0 Å². The summed E-state index contributed by atoms with van der Waals surface area (Å²) < 4.78 is 13.0. The fourth-order valence-electron chi connectivity index (χ4n) is 2.55. The van der Waals surface area contributed by atoms with E-state index in [0.717, 1.165) is 25.7 Å². The molecule has 0 heterocycles. The average molecular weight is 251 g/mol. The van der Waals surface area contributed by atoms with Crippen LogP contribution in [0.2, 0.25) is 0 Å². The molecule has 2 N–H and O–H groups in total. The van der Waals surface area contributed by atoms with Crippen molar-refractivity contribution in [2.45, 2.75) is 37.6 Å². The Morgan fingerprint density at radius 3 is 2.72 bits per heavy atom. The molecule has 1 aliphatic rings. The molecule has 3 nitrogen and oxygen atoms in total. The molecule has 1 aromatic rings. The van der Waals surface area contributed by atoms with Gasteiger partial charge in [-0.25, -0.2) is 4.39 Å². The van der Waals surface area contributed by atoms with Crippen LogP contribution in [0, 0.1) is 5.82 Å². The van der Waals surface area contributed by atoms with Crippen molar-refractivity contribution in [2.75, 3.05) is 6.61 Å². The predicted molar refractivity (Wildman–Crippen MR) is 66.5 cm³/mol. The van der Waals surface area contributed by atoms with Gasteiger partial charge in [0.05, 0.1) is 18.6 Å². The first kappa shape index (κ1) is 13.0. The number of benzene rings is 1. The van der Waals surface area contributed by atoms with Gasteiger partial charge < -0.3 is 10.4 Å². The van der Waals surface area contributed by atoms with Crippen LogP contribution in [0.1, 0.15) is 31.2 Å². The number of aliphatic hydroxyl groups is 1. The van der Waals surface area contributed by atoms with Crippen LogP contribution in [0.5, 0.6) is 0 Å². The van der Waals surface area contributed by atoms with E-state index < -0.39 is 5.54 Å². The normalized spacial score (nSPS) is 17.7. The molecule has 0 atom stereocenters. The molecule has 1 saturated carbocycles. The second-order valence-electron chi connectivity index (χ2n) is 5.00. The summed E-state index contributed by atoms with van der Waals surface area (Å²) in [6.45, 7) is -0.0259.